The zero-order chi connectivity index (χ0) is 14.9. The van der Waals surface area contributed by atoms with Gasteiger partial charge in [-0.2, -0.15) is 13.2 Å². The van der Waals surface area contributed by atoms with Gasteiger partial charge in [0.1, 0.15) is 12.4 Å². The summed E-state index contributed by atoms with van der Waals surface area (Å²) in [5.74, 6) is -3.12. The fourth-order valence-corrected chi connectivity index (χ4v) is 1.98. The van der Waals surface area contributed by atoms with E-state index >= 15 is 0 Å². The van der Waals surface area contributed by atoms with Crippen molar-refractivity contribution in [2.45, 2.75) is 18.5 Å². The summed E-state index contributed by atoms with van der Waals surface area (Å²) in [7, 11) is 0. The minimum Gasteiger partial charge on any atom is -0.346 e. The van der Waals surface area contributed by atoms with Gasteiger partial charge in [0.2, 0.25) is 11.8 Å². The Balaban J connectivity index is 2.21. The molecule has 1 unspecified atom stereocenters. The summed E-state index contributed by atoms with van der Waals surface area (Å²) >= 11 is 0. The summed E-state index contributed by atoms with van der Waals surface area (Å²) in [6, 6.07) is 3.39. The van der Waals surface area contributed by atoms with E-state index in [4.69, 9.17) is 0 Å². The van der Waals surface area contributed by atoms with Crippen LogP contribution in [-0.4, -0.2) is 24.5 Å². The molecule has 1 aliphatic heterocycles. The zero-order valence-corrected chi connectivity index (χ0v) is 10.1. The number of rotatable bonds is 2. The molecule has 0 aromatic heterocycles. The van der Waals surface area contributed by atoms with Crippen molar-refractivity contribution >= 4 is 17.5 Å². The third-order valence-electron chi connectivity index (χ3n) is 2.83. The summed E-state index contributed by atoms with van der Waals surface area (Å²) < 4.78 is 49.2. The van der Waals surface area contributed by atoms with E-state index in [1.54, 1.807) is 5.32 Å². The van der Waals surface area contributed by atoms with Gasteiger partial charge in [0.05, 0.1) is 5.92 Å². The molecule has 2 amide bonds. The molecule has 0 fully saturated rings. The van der Waals surface area contributed by atoms with Crippen molar-refractivity contribution in [1.29, 1.82) is 0 Å². The first kappa shape index (κ1) is 14.3. The minimum absolute atomic E-state index is 0.105. The van der Waals surface area contributed by atoms with Crippen LogP contribution in [0.4, 0.5) is 23.2 Å². The molecule has 2 N–H and O–H groups in total. The Morgan fingerprint density at radius 1 is 1.40 bits per heavy atom. The first-order valence-electron chi connectivity index (χ1n) is 5.70. The maximum Gasteiger partial charge on any atom is 0.405 e. The second-order valence-corrected chi connectivity index (χ2v) is 4.37. The van der Waals surface area contributed by atoms with E-state index in [0.29, 0.717) is 5.56 Å². The Bertz CT molecular complexity index is 557. The smallest absolute Gasteiger partial charge is 0.346 e. The van der Waals surface area contributed by atoms with Crippen molar-refractivity contribution in [2.24, 2.45) is 0 Å². The summed E-state index contributed by atoms with van der Waals surface area (Å²) in [4.78, 5) is 23.2. The third kappa shape index (κ3) is 3.25. The van der Waals surface area contributed by atoms with Gasteiger partial charge in [0.25, 0.3) is 0 Å². The maximum atomic E-state index is 13.1. The van der Waals surface area contributed by atoms with E-state index in [2.05, 4.69) is 5.32 Å². The monoisotopic (exact) mass is 290 g/mol. The molecule has 1 aromatic carbocycles. The SMILES string of the molecule is O=C1CC(C(=O)NCC(F)(F)F)c2ccc(F)cc2N1. The van der Waals surface area contributed by atoms with E-state index in [1.165, 1.54) is 6.07 Å². The van der Waals surface area contributed by atoms with Gasteiger partial charge in [-0.3, -0.25) is 9.59 Å². The van der Waals surface area contributed by atoms with E-state index in [0.717, 1.165) is 12.1 Å². The Kier molecular flexibility index (Phi) is 3.65. The van der Waals surface area contributed by atoms with Crippen LogP contribution in [0.3, 0.4) is 0 Å². The van der Waals surface area contributed by atoms with E-state index in [9.17, 15) is 27.2 Å². The summed E-state index contributed by atoms with van der Waals surface area (Å²) in [6.45, 7) is -1.47. The van der Waals surface area contributed by atoms with Gasteiger partial charge in [0.15, 0.2) is 0 Å². The number of benzene rings is 1. The fourth-order valence-electron chi connectivity index (χ4n) is 1.98. The van der Waals surface area contributed by atoms with Gasteiger partial charge in [-0.25, -0.2) is 4.39 Å². The van der Waals surface area contributed by atoms with Crippen LogP contribution in [0.15, 0.2) is 18.2 Å². The molecule has 0 aliphatic carbocycles. The van der Waals surface area contributed by atoms with Crippen LogP contribution in [0.1, 0.15) is 17.9 Å². The second-order valence-electron chi connectivity index (χ2n) is 4.37. The third-order valence-corrected chi connectivity index (χ3v) is 2.83. The largest absolute Gasteiger partial charge is 0.405 e. The summed E-state index contributed by atoms with van der Waals surface area (Å²) in [6.07, 6.45) is -4.81. The average molecular weight is 290 g/mol. The van der Waals surface area contributed by atoms with Crippen LogP contribution in [0, 0.1) is 5.82 Å². The molecule has 0 radical (unpaired) electrons. The van der Waals surface area contributed by atoms with E-state index in [1.807, 2.05) is 0 Å². The number of alkyl halides is 3. The molecule has 0 bridgehead atoms. The first-order valence-corrected chi connectivity index (χ1v) is 5.70. The van der Waals surface area contributed by atoms with Gasteiger partial charge in [0, 0.05) is 12.1 Å². The van der Waals surface area contributed by atoms with Gasteiger partial charge in [-0.1, -0.05) is 6.07 Å². The van der Waals surface area contributed by atoms with Crippen LogP contribution < -0.4 is 10.6 Å². The molecular formula is C12H10F4N2O2. The predicted octanol–water partition coefficient (Wildman–Crippen LogP) is 1.93. The van der Waals surface area contributed by atoms with Crippen molar-refractivity contribution in [3.05, 3.63) is 29.6 Å². The van der Waals surface area contributed by atoms with Crippen LogP contribution in [0.25, 0.3) is 0 Å². The molecule has 1 heterocycles. The Morgan fingerprint density at radius 3 is 2.75 bits per heavy atom. The maximum absolute atomic E-state index is 13.1. The minimum atomic E-state index is -4.53. The lowest BCUT2D eigenvalue weighted by Gasteiger charge is -2.25. The second kappa shape index (κ2) is 5.10. The quantitative estimate of drug-likeness (QED) is 0.818. The van der Waals surface area contributed by atoms with Gasteiger partial charge < -0.3 is 10.6 Å². The number of hydrogen-bond acceptors (Lipinski definition) is 2. The Hall–Kier alpha value is -2.12. The van der Waals surface area contributed by atoms with Gasteiger partial charge in [-0.15, -0.1) is 0 Å². The van der Waals surface area contributed by atoms with E-state index in [-0.39, 0.29) is 12.1 Å². The van der Waals surface area contributed by atoms with Crippen molar-refractivity contribution in [2.75, 3.05) is 11.9 Å². The first-order chi connectivity index (χ1) is 9.26. The number of nitrogens with one attached hydrogen (secondary N) is 2. The van der Waals surface area contributed by atoms with E-state index < -0.39 is 36.3 Å². The van der Waals surface area contributed by atoms with Crippen molar-refractivity contribution in [3.63, 3.8) is 0 Å². The normalized spacial score (nSPS) is 18.2. The zero-order valence-electron chi connectivity index (χ0n) is 10.1. The molecular weight excluding hydrogens is 280 g/mol. The lowest BCUT2D eigenvalue weighted by atomic mass is 9.89. The molecule has 1 aliphatic rings. The number of halogens is 4. The highest BCUT2D eigenvalue weighted by Crippen LogP contribution is 2.32. The molecule has 2 rings (SSSR count). The Labute approximate surface area is 111 Å². The molecule has 1 aromatic rings. The van der Waals surface area contributed by atoms with Crippen molar-refractivity contribution < 1.29 is 27.2 Å². The lowest BCUT2D eigenvalue weighted by molar-refractivity contribution is -0.139. The highest BCUT2D eigenvalue weighted by atomic mass is 19.4. The number of fused-ring (bicyclic) bond motifs is 1. The Morgan fingerprint density at radius 2 is 2.10 bits per heavy atom. The predicted molar refractivity (Wildman–Crippen MR) is 61.5 cm³/mol. The molecule has 108 valence electrons. The average Bonchev–Trinajstić information content (AvgIpc) is 2.33. The fraction of sp³-hybridized carbons (Fsp3) is 0.333. The number of hydrogen-bond donors (Lipinski definition) is 2. The standard InChI is InChI=1S/C12H10F4N2O2/c13-6-1-2-7-8(4-10(19)18-9(7)3-6)11(20)17-5-12(14,15)16/h1-3,8H,4-5H2,(H,17,20)(H,18,19). The number of carbonyl (C=O) groups excluding carboxylic acids is 2. The molecule has 1 atom stereocenters. The van der Waals surface area contributed by atoms with Crippen LogP contribution in [0.5, 0.6) is 0 Å². The molecule has 0 saturated carbocycles. The van der Waals surface area contributed by atoms with Crippen molar-refractivity contribution in [1.82, 2.24) is 5.32 Å². The van der Waals surface area contributed by atoms with Gasteiger partial charge >= 0.3 is 6.18 Å². The van der Waals surface area contributed by atoms with Crippen LogP contribution in [-0.2, 0) is 9.59 Å². The number of amides is 2. The molecule has 0 saturated heterocycles. The molecule has 4 nitrogen and oxygen atoms in total. The number of anilines is 1. The summed E-state index contributed by atoms with van der Waals surface area (Å²) in [5.41, 5.74) is 0.402. The van der Waals surface area contributed by atoms with Gasteiger partial charge in [-0.05, 0) is 17.7 Å². The molecule has 0 spiro atoms. The molecule has 20 heavy (non-hydrogen) atoms. The highest BCUT2D eigenvalue weighted by Gasteiger charge is 2.34. The van der Waals surface area contributed by atoms with Crippen LogP contribution in [0.2, 0.25) is 0 Å². The van der Waals surface area contributed by atoms with Crippen LogP contribution >= 0.6 is 0 Å². The van der Waals surface area contributed by atoms with Crippen molar-refractivity contribution in [3.8, 4) is 0 Å². The topological polar surface area (TPSA) is 58.2 Å². The highest BCUT2D eigenvalue weighted by molar-refractivity contribution is 6.01. The number of carbonyl (C=O) groups is 2. The molecule has 8 heteroatoms. The lowest BCUT2D eigenvalue weighted by Crippen LogP contribution is -2.39. The summed E-state index contributed by atoms with van der Waals surface area (Å²) in [5, 5.41) is 4.11.